The first-order valence-electron chi connectivity index (χ1n) is 10.7. The average Bonchev–Trinajstić information content (AvgIpc) is 3.46. The number of aliphatic hydroxyl groups excluding tert-OH is 1. The Morgan fingerprint density at radius 3 is 2.21 bits per heavy atom. The predicted octanol–water partition coefficient (Wildman–Crippen LogP) is 1.42. The summed E-state index contributed by atoms with van der Waals surface area (Å²) in [6, 6.07) is 13.2. The number of carbonyl (C=O) groups excluding carboxylic acids is 2. The quantitative estimate of drug-likeness (QED) is 0.321. The molecule has 34 heavy (non-hydrogen) atoms. The Morgan fingerprint density at radius 1 is 1.00 bits per heavy atom. The third kappa shape index (κ3) is 4.91. The molecule has 4 rings (SSSR count). The Hall–Kier alpha value is -4.18. The zero-order valence-corrected chi connectivity index (χ0v) is 18.1. The lowest BCUT2D eigenvalue weighted by atomic mass is 9.98. The minimum absolute atomic E-state index is 0.0216. The second kappa shape index (κ2) is 10.2. The predicted molar refractivity (Wildman–Crippen MR) is 121 cm³/mol. The molecule has 0 radical (unpaired) electrons. The molecule has 0 aliphatic heterocycles. The number of alkyl carbamates (subject to hydrolysis) is 1. The monoisotopic (exact) mass is 464 g/mol. The number of aromatic nitrogens is 2. The Kier molecular flexibility index (Phi) is 6.88. The second-order valence-corrected chi connectivity index (χ2v) is 7.89. The first-order valence-corrected chi connectivity index (χ1v) is 10.7. The van der Waals surface area contributed by atoms with Crippen LogP contribution in [0.1, 0.15) is 22.7 Å². The molecule has 1 aromatic heterocycles. The van der Waals surface area contributed by atoms with E-state index < -0.39 is 36.7 Å². The van der Waals surface area contributed by atoms with E-state index in [1.807, 2.05) is 48.5 Å². The van der Waals surface area contributed by atoms with Crippen LogP contribution >= 0.6 is 0 Å². The van der Waals surface area contributed by atoms with Gasteiger partial charge in [0.25, 0.3) is 0 Å². The molecule has 2 amide bonds. The van der Waals surface area contributed by atoms with Crippen molar-refractivity contribution in [2.75, 3.05) is 13.2 Å². The number of carboxylic acids is 1. The van der Waals surface area contributed by atoms with Gasteiger partial charge in [0, 0.05) is 24.2 Å². The molecule has 0 saturated heterocycles. The minimum atomic E-state index is -1.50. The number of aliphatic hydroxyl groups is 1. The van der Waals surface area contributed by atoms with Crippen LogP contribution in [0.5, 0.6) is 0 Å². The van der Waals surface area contributed by atoms with Gasteiger partial charge in [0.2, 0.25) is 5.91 Å². The van der Waals surface area contributed by atoms with Crippen molar-refractivity contribution >= 4 is 18.0 Å². The third-order valence-electron chi connectivity index (χ3n) is 5.73. The van der Waals surface area contributed by atoms with Gasteiger partial charge in [-0.1, -0.05) is 48.5 Å². The fraction of sp³-hybridized carbons (Fsp3) is 0.250. The average molecular weight is 464 g/mol. The van der Waals surface area contributed by atoms with Gasteiger partial charge in [0.15, 0.2) is 0 Å². The SMILES string of the molecule is O=C(N[C@@H](Cc1cnc[nH]1)C(=O)N[C@@H](CO)C(=O)O)OCC1c2ccccc2-c2ccccc21. The number of rotatable bonds is 9. The van der Waals surface area contributed by atoms with Crippen LogP contribution in [0.25, 0.3) is 11.1 Å². The van der Waals surface area contributed by atoms with Gasteiger partial charge in [0.05, 0.1) is 12.9 Å². The molecule has 10 heteroatoms. The van der Waals surface area contributed by atoms with E-state index in [1.54, 1.807) is 0 Å². The number of hydrogen-bond donors (Lipinski definition) is 5. The lowest BCUT2D eigenvalue weighted by molar-refractivity contribution is -0.143. The van der Waals surface area contributed by atoms with Crippen molar-refractivity contribution in [3.8, 4) is 11.1 Å². The van der Waals surface area contributed by atoms with Crippen LogP contribution < -0.4 is 10.6 Å². The summed E-state index contributed by atoms with van der Waals surface area (Å²) in [5.41, 5.74) is 4.83. The van der Waals surface area contributed by atoms with Gasteiger partial charge >= 0.3 is 12.1 Å². The number of nitrogens with one attached hydrogen (secondary N) is 3. The summed E-state index contributed by atoms with van der Waals surface area (Å²) in [5, 5.41) is 23.0. The highest BCUT2D eigenvalue weighted by Gasteiger charge is 2.31. The van der Waals surface area contributed by atoms with Gasteiger partial charge in [-0.15, -0.1) is 0 Å². The normalized spacial score (nSPS) is 13.9. The summed E-state index contributed by atoms with van der Waals surface area (Å²) in [5.74, 6) is -2.31. The Balaban J connectivity index is 1.45. The molecule has 5 N–H and O–H groups in total. The number of benzene rings is 2. The lowest BCUT2D eigenvalue weighted by Gasteiger charge is -2.21. The first kappa shape index (κ1) is 23.0. The van der Waals surface area contributed by atoms with Crippen molar-refractivity contribution in [2.24, 2.45) is 0 Å². The summed E-state index contributed by atoms with van der Waals surface area (Å²) in [6.45, 7) is -0.727. The maximum Gasteiger partial charge on any atom is 0.407 e. The molecule has 0 bridgehead atoms. The van der Waals surface area contributed by atoms with E-state index in [0.717, 1.165) is 22.3 Å². The number of carboxylic acid groups (broad SMARTS) is 1. The number of H-pyrrole nitrogens is 1. The molecule has 1 aliphatic carbocycles. The van der Waals surface area contributed by atoms with E-state index >= 15 is 0 Å². The number of nitrogens with zero attached hydrogens (tertiary/aromatic N) is 1. The maximum atomic E-state index is 12.7. The van der Waals surface area contributed by atoms with Gasteiger partial charge < -0.3 is 30.6 Å². The Labute approximate surface area is 195 Å². The molecule has 3 aromatic rings. The van der Waals surface area contributed by atoms with Crippen molar-refractivity contribution in [2.45, 2.75) is 24.4 Å². The number of ether oxygens (including phenoxy) is 1. The second-order valence-electron chi connectivity index (χ2n) is 7.89. The summed E-state index contributed by atoms with van der Waals surface area (Å²) in [4.78, 5) is 43.2. The summed E-state index contributed by atoms with van der Waals surface area (Å²) in [6.07, 6.45) is 2.11. The summed E-state index contributed by atoms with van der Waals surface area (Å²) < 4.78 is 5.50. The van der Waals surface area contributed by atoms with Crippen LogP contribution in [0.2, 0.25) is 0 Å². The molecule has 0 saturated carbocycles. The molecule has 1 aliphatic rings. The highest BCUT2D eigenvalue weighted by atomic mass is 16.5. The highest BCUT2D eigenvalue weighted by Crippen LogP contribution is 2.44. The van der Waals surface area contributed by atoms with Crippen molar-refractivity contribution in [3.63, 3.8) is 0 Å². The molecule has 0 spiro atoms. The van der Waals surface area contributed by atoms with Gasteiger partial charge in [-0.3, -0.25) is 4.79 Å². The fourth-order valence-electron chi connectivity index (χ4n) is 4.07. The molecule has 2 atom stereocenters. The maximum absolute atomic E-state index is 12.7. The van der Waals surface area contributed by atoms with Crippen LogP contribution in [0, 0.1) is 0 Å². The number of imidazole rings is 1. The van der Waals surface area contributed by atoms with Crippen molar-refractivity contribution in [3.05, 3.63) is 77.9 Å². The molecule has 0 fully saturated rings. The van der Waals surface area contributed by atoms with Gasteiger partial charge in [0.1, 0.15) is 18.7 Å². The van der Waals surface area contributed by atoms with E-state index in [2.05, 4.69) is 20.6 Å². The van der Waals surface area contributed by atoms with Crippen molar-refractivity contribution in [1.82, 2.24) is 20.6 Å². The highest BCUT2D eigenvalue weighted by molar-refractivity contribution is 5.89. The minimum Gasteiger partial charge on any atom is -0.480 e. The molecule has 10 nitrogen and oxygen atoms in total. The van der Waals surface area contributed by atoms with Crippen molar-refractivity contribution < 1.29 is 29.3 Å². The summed E-state index contributed by atoms with van der Waals surface area (Å²) in [7, 11) is 0. The van der Waals surface area contributed by atoms with E-state index in [4.69, 9.17) is 9.84 Å². The number of aromatic amines is 1. The van der Waals surface area contributed by atoms with Crippen LogP contribution in [0.3, 0.4) is 0 Å². The first-order chi connectivity index (χ1) is 16.5. The van der Waals surface area contributed by atoms with Crippen LogP contribution in [-0.4, -0.2) is 63.4 Å². The van der Waals surface area contributed by atoms with Gasteiger partial charge in [-0.25, -0.2) is 14.6 Å². The van der Waals surface area contributed by atoms with E-state index in [1.165, 1.54) is 12.5 Å². The molecule has 1 heterocycles. The number of carbonyl (C=O) groups is 3. The molecular formula is C24H24N4O6. The van der Waals surface area contributed by atoms with Crippen molar-refractivity contribution in [1.29, 1.82) is 0 Å². The molecule has 176 valence electrons. The fourth-order valence-corrected chi connectivity index (χ4v) is 4.07. The smallest absolute Gasteiger partial charge is 0.407 e. The van der Waals surface area contributed by atoms with Crippen LogP contribution in [0.15, 0.2) is 61.1 Å². The standard InChI is InChI=1S/C24H24N4O6/c29-11-21(23(31)32)27-22(30)20(9-14-10-25-13-26-14)28-24(33)34-12-19-17-7-3-1-5-15(17)16-6-2-4-8-18(16)19/h1-8,10,13,19-21,29H,9,11-12H2,(H,25,26)(H,27,30)(H,28,33)(H,31,32)/t20-,21-/m0/s1. The molecule has 2 aromatic carbocycles. The van der Waals surface area contributed by atoms with E-state index in [0.29, 0.717) is 5.69 Å². The number of amides is 2. The number of fused-ring (bicyclic) bond motifs is 3. The number of aliphatic carboxylic acids is 1. The Bertz CT molecular complexity index is 1130. The summed E-state index contributed by atoms with van der Waals surface area (Å²) >= 11 is 0. The number of hydrogen-bond acceptors (Lipinski definition) is 6. The zero-order valence-electron chi connectivity index (χ0n) is 18.1. The van der Waals surface area contributed by atoms with Crippen LogP contribution in [-0.2, 0) is 20.7 Å². The van der Waals surface area contributed by atoms with Gasteiger partial charge in [-0.2, -0.15) is 0 Å². The molecular weight excluding hydrogens is 440 g/mol. The van der Waals surface area contributed by atoms with Gasteiger partial charge in [-0.05, 0) is 22.3 Å². The Morgan fingerprint density at radius 2 is 1.65 bits per heavy atom. The largest absolute Gasteiger partial charge is 0.480 e. The lowest BCUT2D eigenvalue weighted by Crippen LogP contribution is -2.53. The third-order valence-corrected chi connectivity index (χ3v) is 5.73. The van der Waals surface area contributed by atoms with E-state index in [-0.39, 0.29) is 18.9 Å². The zero-order chi connectivity index (χ0) is 24.1. The molecule has 0 unspecified atom stereocenters. The topological polar surface area (TPSA) is 154 Å². The van der Waals surface area contributed by atoms with Crippen LogP contribution in [0.4, 0.5) is 4.79 Å². The van der Waals surface area contributed by atoms with E-state index in [9.17, 15) is 19.5 Å².